The van der Waals surface area contributed by atoms with Crippen molar-refractivity contribution in [3.63, 3.8) is 0 Å². The van der Waals surface area contributed by atoms with Crippen LogP contribution in [-0.2, 0) is 4.79 Å². The first-order chi connectivity index (χ1) is 8.57. The minimum absolute atomic E-state index is 0.0496. The van der Waals surface area contributed by atoms with Crippen molar-refractivity contribution < 1.29 is 26.7 Å². The van der Waals surface area contributed by atoms with E-state index in [1.165, 1.54) is 12.1 Å². The molecule has 0 heterocycles. The van der Waals surface area contributed by atoms with Gasteiger partial charge < -0.3 is 5.32 Å². The number of halogens is 5. The highest BCUT2D eigenvalue weighted by atomic mass is 19.4. The number of carbonyl (C=O) groups is 1. The molecule has 1 N–H and O–H groups in total. The number of alkyl halides is 5. The van der Waals surface area contributed by atoms with E-state index < -0.39 is 18.0 Å². The van der Waals surface area contributed by atoms with Crippen LogP contribution < -0.4 is 5.32 Å². The third-order valence-corrected chi connectivity index (χ3v) is 2.47. The van der Waals surface area contributed by atoms with E-state index in [0.29, 0.717) is 5.56 Å². The number of hydrogen-bond donors (Lipinski definition) is 1. The van der Waals surface area contributed by atoms with Gasteiger partial charge in [-0.05, 0) is 17.5 Å². The predicted octanol–water partition coefficient (Wildman–Crippen LogP) is 3.95. The largest absolute Gasteiger partial charge is 0.463 e. The van der Waals surface area contributed by atoms with Gasteiger partial charge in [0.05, 0.1) is 0 Å². The summed E-state index contributed by atoms with van der Waals surface area (Å²) in [5.41, 5.74) is 0.431. The highest BCUT2D eigenvalue weighted by Crippen LogP contribution is 2.36. The van der Waals surface area contributed by atoms with Crippen molar-refractivity contribution in [1.29, 1.82) is 0 Å². The monoisotopic (exact) mass is 281 g/mol. The lowest BCUT2D eigenvalue weighted by Gasteiger charge is -2.20. The zero-order valence-corrected chi connectivity index (χ0v) is 10.2. The smallest absolute Gasteiger partial charge is 0.320 e. The molecular formula is C12H12F5NO. The van der Waals surface area contributed by atoms with E-state index in [9.17, 15) is 26.7 Å². The first-order valence-electron chi connectivity index (χ1n) is 5.42. The van der Waals surface area contributed by atoms with Crippen molar-refractivity contribution in [2.75, 3.05) is 5.32 Å². The highest BCUT2D eigenvalue weighted by Gasteiger charge is 2.63. The van der Waals surface area contributed by atoms with Gasteiger partial charge in [0.1, 0.15) is 0 Å². The van der Waals surface area contributed by atoms with Gasteiger partial charge in [-0.25, -0.2) is 0 Å². The molecule has 0 saturated heterocycles. The summed E-state index contributed by atoms with van der Waals surface area (Å²) >= 11 is 0. The maximum atomic E-state index is 12.8. The van der Waals surface area contributed by atoms with Gasteiger partial charge in [0.25, 0.3) is 0 Å². The van der Waals surface area contributed by atoms with E-state index in [2.05, 4.69) is 0 Å². The number of benzene rings is 1. The van der Waals surface area contributed by atoms with E-state index in [1.807, 2.05) is 0 Å². The summed E-state index contributed by atoms with van der Waals surface area (Å²) in [6, 6.07) is 5.87. The molecule has 1 aromatic rings. The number of para-hydroxylation sites is 1. The van der Waals surface area contributed by atoms with Crippen LogP contribution in [0.2, 0.25) is 0 Å². The lowest BCUT2D eigenvalue weighted by atomic mass is 10.0. The molecule has 0 radical (unpaired) electrons. The predicted molar refractivity (Wildman–Crippen MR) is 60.2 cm³/mol. The third-order valence-electron chi connectivity index (χ3n) is 2.47. The fraction of sp³-hybridized carbons (Fsp3) is 0.417. The summed E-state index contributed by atoms with van der Waals surface area (Å²) < 4.78 is 61.7. The summed E-state index contributed by atoms with van der Waals surface area (Å²) in [4.78, 5) is 11.1. The average Bonchev–Trinajstić information content (AvgIpc) is 2.27. The molecule has 1 rings (SSSR count). The number of amides is 1. The SMILES string of the molecule is CC(C)c1ccccc1NC(=O)C(F)(F)C(F)(F)F. The molecule has 0 spiro atoms. The van der Waals surface area contributed by atoms with Crippen molar-refractivity contribution in [1.82, 2.24) is 0 Å². The molecule has 0 aliphatic heterocycles. The number of carbonyl (C=O) groups excluding carboxylic acids is 1. The Morgan fingerprint density at radius 3 is 2.11 bits per heavy atom. The average molecular weight is 281 g/mol. The summed E-state index contributed by atoms with van der Waals surface area (Å²) in [5.74, 6) is -7.93. The fourth-order valence-electron chi connectivity index (χ4n) is 1.44. The van der Waals surface area contributed by atoms with Crippen molar-refractivity contribution in [3.05, 3.63) is 29.8 Å². The number of nitrogens with one attached hydrogen (secondary N) is 1. The van der Waals surface area contributed by atoms with Crippen LogP contribution in [0.15, 0.2) is 24.3 Å². The minimum Gasteiger partial charge on any atom is -0.320 e. The fourth-order valence-corrected chi connectivity index (χ4v) is 1.44. The van der Waals surface area contributed by atoms with Gasteiger partial charge in [0, 0.05) is 5.69 Å². The number of anilines is 1. The van der Waals surface area contributed by atoms with Crippen LogP contribution in [0.4, 0.5) is 27.6 Å². The van der Waals surface area contributed by atoms with Crippen molar-refractivity contribution in [2.45, 2.75) is 31.9 Å². The highest BCUT2D eigenvalue weighted by molar-refractivity contribution is 5.97. The Bertz CT molecular complexity index is 467. The maximum Gasteiger partial charge on any atom is 0.463 e. The van der Waals surface area contributed by atoms with Crippen LogP contribution >= 0.6 is 0 Å². The topological polar surface area (TPSA) is 29.1 Å². The molecule has 0 saturated carbocycles. The molecule has 1 amide bonds. The molecule has 0 atom stereocenters. The van der Waals surface area contributed by atoms with Crippen LogP contribution in [-0.4, -0.2) is 18.0 Å². The van der Waals surface area contributed by atoms with Crippen LogP contribution in [0.3, 0.4) is 0 Å². The van der Waals surface area contributed by atoms with Gasteiger partial charge in [-0.15, -0.1) is 0 Å². The Hall–Kier alpha value is -1.66. The first-order valence-corrected chi connectivity index (χ1v) is 5.42. The molecule has 0 aliphatic rings. The van der Waals surface area contributed by atoms with E-state index in [0.717, 1.165) is 0 Å². The normalized spacial score (nSPS) is 12.6. The molecule has 0 fully saturated rings. The molecule has 106 valence electrons. The van der Waals surface area contributed by atoms with Crippen LogP contribution in [0.25, 0.3) is 0 Å². The lowest BCUT2D eigenvalue weighted by Crippen LogP contribution is -2.47. The van der Waals surface area contributed by atoms with Gasteiger partial charge in [-0.1, -0.05) is 32.0 Å². The van der Waals surface area contributed by atoms with Gasteiger partial charge in [0.15, 0.2) is 0 Å². The van der Waals surface area contributed by atoms with E-state index in [-0.39, 0.29) is 11.6 Å². The second-order valence-electron chi connectivity index (χ2n) is 4.27. The summed E-state index contributed by atoms with van der Waals surface area (Å²) in [7, 11) is 0. The molecule has 0 unspecified atom stereocenters. The number of hydrogen-bond acceptors (Lipinski definition) is 1. The summed E-state index contributed by atoms with van der Waals surface area (Å²) in [6.45, 7) is 3.46. The molecule has 2 nitrogen and oxygen atoms in total. The zero-order valence-electron chi connectivity index (χ0n) is 10.2. The van der Waals surface area contributed by atoms with Crippen LogP contribution in [0.1, 0.15) is 25.3 Å². The Labute approximate surface area is 106 Å². The van der Waals surface area contributed by atoms with Gasteiger partial charge in [0.2, 0.25) is 0 Å². The van der Waals surface area contributed by atoms with Crippen LogP contribution in [0, 0.1) is 0 Å². The molecule has 0 aromatic heterocycles. The van der Waals surface area contributed by atoms with Crippen molar-refractivity contribution in [3.8, 4) is 0 Å². The standard InChI is InChI=1S/C12H12F5NO/c1-7(2)8-5-3-4-6-9(8)18-10(19)11(13,14)12(15,16)17/h3-7H,1-2H3,(H,18,19). The zero-order chi connectivity index (χ0) is 14.8. The summed E-state index contributed by atoms with van der Waals surface area (Å²) in [6.07, 6.45) is -5.91. The third kappa shape index (κ3) is 3.21. The first kappa shape index (κ1) is 15.4. The van der Waals surface area contributed by atoms with E-state index in [1.54, 1.807) is 31.3 Å². The Morgan fingerprint density at radius 2 is 1.63 bits per heavy atom. The molecule has 1 aromatic carbocycles. The van der Waals surface area contributed by atoms with E-state index in [4.69, 9.17) is 0 Å². The molecule has 19 heavy (non-hydrogen) atoms. The summed E-state index contributed by atoms with van der Waals surface area (Å²) in [5, 5.41) is 1.63. The molecule has 0 aliphatic carbocycles. The molecular weight excluding hydrogens is 269 g/mol. The van der Waals surface area contributed by atoms with Gasteiger partial charge in [-0.2, -0.15) is 22.0 Å². The van der Waals surface area contributed by atoms with Crippen molar-refractivity contribution in [2.24, 2.45) is 0 Å². The second kappa shape index (κ2) is 5.14. The van der Waals surface area contributed by atoms with Gasteiger partial charge >= 0.3 is 18.0 Å². The van der Waals surface area contributed by atoms with Gasteiger partial charge in [-0.3, -0.25) is 4.79 Å². The Morgan fingerprint density at radius 1 is 1.11 bits per heavy atom. The Balaban J connectivity index is 3.01. The molecule has 0 bridgehead atoms. The quantitative estimate of drug-likeness (QED) is 0.835. The van der Waals surface area contributed by atoms with Crippen molar-refractivity contribution >= 4 is 11.6 Å². The lowest BCUT2D eigenvalue weighted by molar-refractivity contribution is -0.267. The number of rotatable bonds is 3. The van der Waals surface area contributed by atoms with E-state index >= 15 is 0 Å². The van der Waals surface area contributed by atoms with Crippen LogP contribution in [0.5, 0.6) is 0 Å². The Kier molecular flexibility index (Phi) is 4.17. The maximum absolute atomic E-state index is 12.8. The molecule has 7 heteroatoms. The minimum atomic E-state index is -5.91. The second-order valence-corrected chi connectivity index (χ2v) is 4.27.